The lowest BCUT2D eigenvalue weighted by molar-refractivity contribution is -0.0550. The van der Waals surface area contributed by atoms with Gasteiger partial charge in [-0.1, -0.05) is 66.7 Å². The molecule has 216 valence electrons. The number of hydrogen-bond acceptors (Lipinski definition) is 10. The third-order valence-electron chi connectivity index (χ3n) is 6.96. The van der Waals surface area contributed by atoms with Crippen LogP contribution in [-0.2, 0) is 14.2 Å². The van der Waals surface area contributed by atoms with Crippen molar-refractivity contribution in [1.82, 2.24) is 25.0 Å². The molecule has 3 heterocycles. The average Bonchev–Trinajstić information content (AvgIpc) is 3.64. The molecule has 0 radical (unpaired) electrons. The summed E-state index contributed by atoms with van der Waals surface area (Å²) in [4.78, 5) is 47.7. The maximum Gasteiger partial charge on any atom is 0.338 e. The number of aromatic nitrogens is 5. The topological polar surface area (TPSA) is 147 Å². The second kappa shape index (κ2) is 12.2. The van der Waals surface area contributed by atoms with Crippen LogP contribution in [0.25, 0.3) is 11.2 Å². The van der Waals surface area contributed by atoms with E-state index in [0.29, 0.717) is 23.1 Å². The van der Waals surface area contributed by atoms with Gasteiger partial charge in [0.1, 0.15) is 12.4 Å². The molecule has 12 nitrogen and oxygen atoms in total. The Morgan fingerprint density at radius 2 is 1.35 bits per heavy atom. The summed E-state index contributed by atoms with van der Waals surface area (Å²) in [5.41, 5.74) is 1.50. The van der Waals surface area contributed by atoms with Gasteiger partial charge in [0.05, 0.1) is 11.1 Å². The second-order valence-corrected chi connectivity index (χ2v) is 9.69. The Morgan fingerprint density at radius 1 is 0.791 bits per heavy atom. The number of nitrogens with zero attached hydrogens (tertiary/aromatic N) is 5. The molecule has 0 spiro atoms. The molecule has 1 saturated heterocycles. The lowest BCUT2D eigenvalue weighted by Crippen LogP contribution is -2.39. The molecule has 4 atom stereocenters. The first-order valence-electron chi connectivity index (χ1n) is 13.6. The number of nitrogens with one attached hydrogen (secondary N) is 1. The average molecular weight is 579 g/mol. The fraction of sp³-hybridized carbons (Fsp3) is 0.194. The number of amides is 1. The zero-order valence-electron chi connectivity index (χ0n) is 22.9. The molecule has 1 unspecified atom stereocenters. The van der Waals surface area contributed by atoms with E-state index in [9.17, 15) is 14.4 Å². The summed E-state index contributed by atoms with van der Waals surface area (Å²) < 4.78 is 19.6. The van der Waals surface area contributed by atoms with Crippen LogP contribution in [0, 0.1) is 0 Å². The number of carbonyl (C=O) groups excluding carboxylic acids is 3. The van der Waals surface area contributed by atoms with E-state index >= 15 is 0 Å². The van der Waals surface area contributed by atoms with Gasteiger partial charge in [0.15, 0.2) is 35.4 Å². The Morgan fingerprint density at radius 3 is 1.93 bits per heavy atom. The monoisotopic (exact) mass is 578 g/mol. The highest BCUT2D eigenvalue weighted by atomic mass is 16.6. The molecule has 0 bridgehead atoms. The van der Waals surface area contributed by atoms with Gasteiger partial charge in [-0.25, -0.2) is 19.6 Å². The molecule has 1 N–H and O–H groups in total. The molecule has 3 aromatic carbocycles. The van der Waals surface area contributed by atoms with E-state index in [1.54, 1.807) is 84.9 Å². The van der Waals surface area contributed by atoms with Crippen molar-refractivity contribution in [2.45, 2.75) is 37.9 Å². The van der Waals surface area contributed by atoms with Gasteiger partial charge in [0, 0.05) is 5.56 Å². The van der Waals surface area contributed by atoms with E-state index in [-0.39, 0.29) is 22.9 Å². The van der Waals surface area contributed by atoms with Crippen LogP contribution in [0.3, 0.4) is 0 Å². The van der Waals surface area contributed by atoms with Gasteiger partial charge in [-0.15, -0.1) is 5.10 Å². The van der Waals surface area contributed by atoms with Gasteiger partial charge in [0.2, 0.25) is 0 Å². The Hall–Kier alpha value is -5.49. The van der Waals surface area contributed by atoms with Crippen molar-refractivity contribution in [3.05, 3.63) is 114 Å². The van der Waals surface area contributed by atoms with Crippen molar-refractivity contribution in [3.63, 3.8) is 0 Å². The van der Waals surface area contributed by atoms with Gasteiger partial charge in [-0.05, 0) is 42.8 Å². The summed E-state index contributed by atoms with van der Waals surface area (Å²) in [5.74, 6) is -1.47. The van der Waals surface area contributed by atoms with Crippen molar-refractivity contribution < 1.29 is 28.6 Å². The number of rotatable bonds is 8. The first-order chi connectivity index (χ1) is 21.0. The number of carbonyl (C=O) groups is 3. The summed E-state index contributed by atoms with van der Waals surface area (Å²) in [5, 5.41) is 11.2. The molecular weight excluding hydrogens is 552 g/mol. The van der Waals surface area contributed by atoms with E-state index in [2.05, 4.69) is 25.6 Å². The molecule has 5 aromatic rings. The van der Waals surface area contributed by atoms with Gasteiger partial charge >= 0.3 is 11.9 Å². The number of anilines is 1. The maximum atomic E-state index is 13.2. The van der Waals surface area contributed by atoms with E-state index in [1.807, 2.05) is 13.0 Å². The van der Waals surface area contributed by atoms with Crippen LogP contribution in [0.2, 0.25) is 0 Å². The highest BCUT2D eigenvalue weighted by Gasteiger charge is 2.51. The number of hydrogen-bond donors (Lipinski definition) is 1. The minimum absolute atomic E-state index is 0.139. The molecular formula is C31H26N6O6. The fourth-order valence-corrected chi connectivity index (χ4v) is 4.83. The standard InChI is InChI=1S/C31H26N6O6/c1-2-22-24(42-30(39)20-14-8-4-9-15-20)25(43-31(40)21-16-10-5-11-17-21)29(41-22)37-27-23(35-36-37)26(32-18-33-27)34-28(38)19-12-6-3-7-13-19/h3-18,22,24-25,29H,2H2,1H3,(H,32,33,34,38)/t22-,24+,25?,29-/m1/s1. The Labute approximate surface area is 245 Å². The summed E-state index contributed by atoms with van der Waals surface area (Å²) in [6.07, 6.45) is -2.12. The predicted molar refractivity (Wildman–Crippen MR) is 153 cm³/mol. The first kappa shape index (κ1) is 27.7. The van der Waals surface area contributed by atoms with Gasteiger partial charge < -0.3 is 19.5 Å². The molecule has 0 aliphatic carbocycles. The van der Waals surface area contributed by atoms with Crippen LogP contribution in [0.5, 0.6) is 0 Å². The lowest BCUT2D eigenvalue weighted by atomic mass is 10.1. The third kappa shape index (κ3) is 5.68. The number of ether oxygens (including phenoxy) is 3. The van der Waals surface area contributed by atoms with Crippen molar-refractivity contribution in [3.8, 4) is 0 Å². The van der Waals surface area contributed by atoms with Crippen LogP contribution in [0.1, 0.15) is 50.6 Å². The minimum Gasteiger partial charge on any atom is -0.452 e. The SMILES string of the molecule is CC[C@H]1O[C@@H](n2nnc3c(NC(=O)c4ccccc4)ncnc32)C(OC(=O)c2ccccc2)[C@H]1OC(=O)c1ccccc1. The van der Waals surface area contributed by atoms with E-state index in [0.717, 1.165) is 0 Å². The summed E-state index contributed by atoms with van der Waals surface area (Å²) in [6, 6.07) is 25.6. The van der Waals surface area contributed by atoms with E-state index in [4.69, 9.17) is 14.2 Å². The highest BCUT2D eigenvalue weighted by molar-refractivity contribution is 6.06. The van der Waals surface area contributed by atoms with Crippen LogP contribution < -0.4 is 5.32 Å². The number of benzene rings is 3. The Balaban J connectivity index is 1.35. The predicted octanol–water partition coefficient (Wildman–Crippen LogP) is 4.23. The maximum absolute atomic E-state index is 13.2. The van der Waals surface area contributed by atoms with Crippen molar-refractivity contribution in [1.29, 1.82) is 0 Å². The zero-order chi connectivity index (χ0) is 29.8. The third-order valence-corrected chi connectivity index (χ3v) is 6.96. The van der Waals surface area contributed by atoms with Gasteiger partial charge in [-0.3, -0.25) is 4.79 Å². The van der Waals surface area contributed by atoms with Crippen molar-refractivity contribution in [2.24, 2.45) is 0 Å². The van der Waals surface area contributed by atoms with Crippen molar-refractivity contribution in [2.75, 3.05) is 5.32 Å². The molecule has 1 aliphatic rings. The molecule has 6 rings (SSSR count). The van der Waals surface area contributed by atoms with Crippen LogP contribution in [0.15, 0.2) is 97.3 Å². The minimum atomic E-state index is -1.12. The van der Waals surface area contributed by atoms with Gasteiger partial charge in [0.25, 0.3) is 5.91 Å². The van der Waals surface area contributed by atoms with Gasteiger partial charge in [-0.2, -0.15) is 4.68 Å². The number of esters is 2. The van der Waals surface area contributed by atoms with Crippen LogP contribution in [0.4, 0.5) is 5.82 Å². The normalized spacial score (nSPS) is 19.6. The molecule has 2 aromatic heterocycles. The summed E-state index contributed by atoms with van der Waals surface area (Å²) in [6.45, 7) is 1.87. The molecule has 1 aliphatic heterocycles. The molecule has 12 heteroatoms. The number of fused-ring (bicyclic) bond motifs is 1. The first-order valence-corrected chi connectivity index (χ1v) is 13.6. The lowest BCUT2D eigenvalue weighted by Gasteiger charge is -2.24. The molecule has 1 amide bonds. The van der Waals surface area contributed by atoms with Crippen LogP contribution >= 0.6 is 0 Å². The van der Waals surface area contributed by atoms with Crippen LogP contribution in [-0.4, -0.2) is 61.1 Å². The molecule has 1 fully saturated rings. The van der Waals surface area contributed by atoms with Crippen molar-refractivity contribution >= 4 is 34.8 Å². The Bertz CT molecular complexity index is 1750. The van der Waals surface area contributed by atoms with E-state index < -0.39 is 36.5 Å². The second-order valence-electron chi connectivity index (χ2n) is 9.69. The summed E-state index contributed by atoms with van der Waals surface area (Å²) >= 11 is 0. The fourth-order valence-electron chi connectivity index (χ4n) is 4.83. The zero-order valence-corrected chi connectivity index (χ0v) is 22.9. The quantitative estimate of drug-likeness (QED) is 0.265. The molecule has 43 heavy (non-hydrogen) atoms. The Kier molecular flexibility index (Phi) is 7.83. The largest absolute Gasteiger partial charge is 0.452 e. The van der Waals surface area contributed by atoms with E-state index in [1.165, 1.54) is 11.0 Å². The summed E-state index contributed by atoms with van der Waals surface area (Å²) in [7, 11) is 0. The smallest absolute Gasteiger partial charge is 0.338 e. The highest BCUT2D eigenvalue weighted by Crippen LogP contribution is 2.37. The molecule has 0 saturated carbocycles.